The molecule has 3 rings (SSSR count). The average Bonchev–Trinajstić information content (AvgIpc) is 3.05. The van der Waals surface area contributed by atoms with Crippen LogP contribution in [0.4, 0.5) is 4.79 Å². The number of amides is 2. The molecule has 2 atom stereocenters. The number of carboxylic acid groups (broad SMARTS) is 1. The number of carbonyl (C=O) groups is 3. The number of nitrogens with one attached hydrogen (secondary N) is 1. The number of hydrogen-bond acceptors (Lipinski definition) is 4. The van der Waals surface area contributed by atoms with E-state index in [1.54, 1.807) is 20.9 Å². The molecule has 0 aliphatic heterocycles. The first-order valence-electron chi connectivity index (χ1n) is 10.4. The van der Waals surface area contributed by atoms with Crippen molar-refractivity contribution in [3.05, 3.63) is 59.7 Å². The second kappa shape index (κ2) is 9.64. The van der Waals surface area contributed by atoms with Gasteiger partial charge < -0.3 is 20.1 Å². The van der Waals surface area contributed by atoms with Crippen molar-refractivity contribution in [1.82, 2.24) is 10.2 Å². The molecule has 164 valence electrons. The van der Waals surface area contributed by atoms with E-state index in [0.717, 1.165) is 22.3 Å². The van der Waals surface area contributed by atoms with Crippen LogP contribution in [-0.4, -0.2) is 54.2 Å². The fraction of sp³-hybridized carbons (Fsp3) is 0.375. The van der Waals surface area contributed by atoms with Crippen molar-refractivity contribution in [3.8, 4) is 11.1 Å². The Morgan fingerprint density at radius 1 is 1.03 bits per heavy atom. The van der Waals surface area contributed by atoms with Gasteiger partial charge in [0.15, 0.2) is 0 Å². The van der Waals surface area contributed by atoms with Crippen LogP contribution in [0.25, 0.3) is 11.1 Å². The van der Waals surface area contributed by atoms with Crippen molar-refractivity contribution in [2.24, 2.45) is 5.92 Å². The predicted octanol–water partition coefficient (Wildman–Crippen LogP) is 3.48. The second-order valence-corrected chi connectivity index (χ2v) is 8.09. The van der Waals surface area contributed by atoms with E-state index in [9.17, 15) is 14.4 Å². The van der Waals surface area contributed by atoms with Gasteiger partial charge in [-0.2, -0.15) is 0 Å². The SMILES string of the molecule is CC(CC(=O)N(C)CC(C)C(=O)O)NC(=O)OCC1c2ccccc2-c2ccccc21. The Labute approximate surface area is 182 Å². The molecule has 0 bridgehead atoms. The maximum atomic E-state index is 12.3. The number of aliphatic carboxylic acids is 1. The first-order chi connectivity index (χ1) is 14.8. The second-order valence-electron chi connectivity index (χ2n) is 8.09. The van der Waals surface area contributed by atoms with Crippen molar-refractivity contribution in [2.45, 2.75) is 32.2 Å². The Kier molecular flexibility index (Phi) is 6.95. The molecule has 0 saturated carbocycles. The number of carbonyl (C=O) groups excluding carboxylic acids is 2. The molecule has 2 amide bonds. The van der Waals surface area contributed by atoms with E-state index in [4.69, 9.17) is 9.84 Å². The van der Waals surface area contributed by atoms with Gasteiger partial charge in [-0.3, -0.25) is 9.59 Å². The maximum Gasteiger partial charge on any atom is 0.407 e. The summed E-state index contributed by atoms with van der Waals surface area (Å²) in [5.41, 5.74) is 4.58. The van der Waals surface area contributed by atoms with Crippen LogP contribution in [0.3, 0.4) is 0 Å². The zero-order chi connectivity index (χ0) is 22.5. The van der Waals surface area contributed by atoms with Gasteiger partial charge in [0.1, 0.15) is 6.61 Å². The van der Waals surface area contributed by atoms with Crippen LogP contribution in [0.2, 0.25) is 0 Å². The van der Waals surface area contributed by atoms with Crippen molar-refractivity contribution >= 4 is 18.0 Å². The number of alkyl carbamates (subject to hydrolysis) is 1. The van der Waals surface area contributed by atoms with Crippen LogP contribution in [0.15, 0.2) is 48.5 Å². The van der Waals surface area contributed by atoms with E-state index < -0.39 is 24.0 Å². The Bertz CT molecular complexity index is 928. The number of nitrogens with zero attached hydrogens (tertiary/aromatic N) is 1. The molecule has 2 aromatic carbocycles. The number of ether oxygens (including phenoxy) is 1. The van der Waals surface area contributed by atoms with Gasteiger partial charge >= 0.3 is 12.1 Å². The van der Waals surface area contributed by atoms with Gasteiger partial charge in [0.2, 0.25) is 5.91 Å². The minimum atomic E-state index is -0.954. The highest BCUT2D eigenvalue weighted by atomic mass is 16.5. The zero-order valence-electron chi connectivity index (χ0n) is 18.0. The molecular formula is C24H28N2O5. The molecule has 7 nitrogen and oxygen atoms in total. The quantitative estimate of drug-likeness (QED) is 0.676. The van der Waals surface area contributed by atoms with Crippen LogP contribution < -0.4 is 5.32 Å². The molecule has 0 fully saturated rings. The molecule has 1 aliphatic carbocycles. The van der Waals surface area contributed by atoms with Gasteiger partial charge in [0.05, 0.1) is 5.92 Å². The van der Waals surface area contributed by atoms with Crippen LogP contribution in [0.1, 0.15) is 37.3 Å². The lowest BCUT2D eigenvalue weighted by Gasteiger charge is -2.22. The summed E-state index contributed by atoms with van der Waals surface area (Å²) >= 11 is 0. The highest BCUT2D eigenvalue weighted by molar-refractivity contribution is 5.80. The molecule has 2 unspecified atom stereocenters. The molecule has 0 heterocycles. The van der Waals surface area contributed by atoms with Crippen LogP contribution in [0, 0.1) is 5.92 Å². The first kappa shape index (κ1) is 22.3. The van der Waals surface area contributed by atoms with E-state index in [1.807, 2.05) is 24.3 Å². The first-order valence-corrected chi connectivity index (χ1v) is 10.4. The molecular weight excluding hydrogens is 396 g/mol. The summed E-state index contributed by atoms with van der Waals surface area (Å²) < 4.78 is 5.50. The van der Waals surface area contributed by atoms with Crippen LogP contribution >= 0.6 is 0 Å². The third-order valence-electron chi connectivity index (χ3n) is 5.58. The maximum absolute atomic E-state index is 12.3. The van der Waals surface area contributed by atoms with Crippen molar-refractivity contribution < 1.29 is 24.2 Å². The Balaban J connectivity index is 1.52. The smallest absolute Gasteiger partial charge is 0.407 e. The van der Waals surface area contributed by atoms with E-state index in [1.165, 1.54) is 4.90 Å². The lowest BCUT2D eigenvalue weighted by Crippen LogP contribution is -2.40. The van der Waals surface area contributed by atoms with E-state index in [2.05, 4.69) is 29.6 Å². The molecule has 7 heteroatoms. The minimum absolute atomic E-state index is 0.0290. The van der Waals surface area contributed by atoms with Gasteiger partial charge in [-0.05, 0) is 29.2 Å². The molecule has 2 aromatic rings. The van der Waals surface area contributed by atoms with Crippen molar-refractivity contribution in [1.29, 1.82) is 0 Å². The van der Waals surface area contributed by atoms with Gasteiger partial charge in [-0.15, -0.1) is 0 Å². The summed E-state index contributed by atoms with van der Waals surface area (Å²) in [7, 11) is 1.56. The van der Waals surface area contributed by atoms with Crippen molar-refractivity contribution in [3.63, 3.8) is 0 Å². The lowest BCUT2D eigenvalue weighted by molar-refractivity contribution is -0.142. The Morgan fingerprint density at radius 3 is 2.13 bits per heavy atom. The third-order valence-corrected chi connectivity index (χ3v) is 5.58. The average molecular weight is 424 g/mol. The van der Waals surface area contributed by atoms with E-state index >= 15 is 0 Å². The number of benzene rings is 2. The number of hydrogen-bond donors (Lipinski definition) is 2. The van der Waals surface area contributed by atoms with Gasteiger partial charge in [-0.1, -0.05) is 55.5 Å². The molecule has 0 spiro atoms. The van der Waals surface area contributed by atoms with Crippen LogP contribution in [0.5, 0.6) is 0 Å². The predicted molar refractivity (Wildman–Crippen MR) is 117 cm³/mol. The summed E-state index contributed by atoms with van der Waals surface area (Å²) in [5, 5.41) is 11.7. The zero-order valence-corrected chi connectivity index (χ0v) is 18.0. The minimum Gasteiger partial charge on any atom is -0.481 e. The third kappa shape index (κ3) is 5.23. The molecule has 1 aliphatic rings. The molecule has 0 radical (unpaired) electrons. The Morgan fingerprint density at radius 2 is 1.58 bits per heavy atom. The topological polar surface area (TPSA) is 95.9 Å². The largest absolute Gasteiger partial charge is 0.481 e. The number of rotatable bonds is 8. The summed E-state index contributed by atoms with van der Waals surface area (Å²) in [6, 6.07) is 15.8. The van der Waals surface area contributed by atoms with Gasteiger partial charge in [0, 0.05) is 32.0 Å². The monoisotopic (exact) mass is 424 g/mol. The number of fused-ring (bicyclic) bond motifs is 3. The fourth-order valence-electron chi connectivity index (χ4n) is 3.90. The summed E-state index contributed by atoms with van der Waals surface area (Å²) in [6.07, 6.45) is -0.517. The molecule has 0 aromatic heterocycles. The van der Waals surface area contributed by atoms with Gasteiger partial charge in [-0.25, -0.2) is 4.79 Å². The summed E-state index contributed by atoms with van der Waals surface area (Å²) in [4.78, 5) is 36.9. The van der Waals surface area contributed by atoms with Crippen LogP contribution in [-0.2, 0) is 14.3 Å². The highest BCUT2D eigenvalue weighted by Gasteiger charge is 2.29. The van der Waals surface area contributed by atoms with Crippen molar-refractivity contribution in [2.75, 3.05) is 20.2 Å². The van der Waals surface area contributed by atoms with Gasteiger partial charge in [0.25, 0.3) is 0 Å². The molecule has 0 saturated heterocycles. The molecule has 2 N–H and O–H groups in total. The normalized spacial score (nSPS) is 14.2. The van der Waals surface area contributed by atoms with E-state index in [0.29, 0.717) is 0 Å². The fourth-order valence-corrected chi connectivity index (χ4v) is 3.90. The number of carboxylic acids is 1. The summed E-state index contributed by atoms with van der Waals surface area (Å²) in [5.74, 6) is -1.87. The molecule has 31 heavy (non-hydrogen) atoms. The highest BCUT2D eigenvalue weighted by Crippen LogP contribution is 2.44. The summed E-state index contributed by atoms with van der Waals surface area (Å²) in [6.45, 7) is 3.58. The Hall–Kier alpha value is -3.35. The lowest BCUT2D eigenvalue weighted by atomic mass is 9.98. The van der Waals surface area contributed by atoms with E-state index in [-0.39, 0.29) is 31.4 Å². The standard InChI is InChI=1S/C24H28N2O5/c1-15(23(28)29)13-26(3)22(27)12-16(2)25-24(30)31-14-21-19-10-6-4-8-17(19)18-9-5-7-11-20(18)21/h4-11,15-16,21H,12-14H2,1-3H3,(H,25,30)(H,28,29).